The molecule has 4 nitrogen and oxygen atoms in total. The van der Waals surface area contributed by atoms with E-state index in [1.807, 2.05) is 12.2 Å². The molecule has 3 unspecified atom stereocenters. The van der Waals surface area contributed by atoms with E-state index < -0.39 is 23.9 Å². The van der Waals surface area contributed by atoms with E-state index in [4.69, 9.17) is 5.11 Å². The number of aliphatic imine (C=N–C) groups is 1. The molecule has 0 saturated carbocycles. The van der Waals surface area contributed by atoms with E-state index in [1.54, 1.807) is 18.3 Å². The molecule has 1 aliphatic carbocycles. The number of aromatic nitrogens is 1. The molecule has 1 aliphatic heterocycles. The summed E-state index contributed by atoms with van der Waals surface area (Å²) in [5, 5.41) is 8.32. The van der Waals surface area contributed by atoms with Gasteiger partial charge in [-0.3, -0.25) is 11.1 Å². The van der Waals surface area contributed by atoms with Gasteiger partial charge in [0.15, 0.2) is 0 Å². The number of dihydropyridines is 1. The number of carboxylic acid groups (broad SMARTS) is 1. The maximum atomic E-state index is 13.4. The Balaban J connectivity index is 0.000000252. The van der Waals surface area contributed by atoms with E-state index >= 15 is 0 Å². The van der Waals surface area contributed by atoms with E-state index in [0.29, 0.717) is 6.42 Å². The fraction of sp³-hybridized carbons (Fsp3) is 0.235. The van der Waals surface area contributed by atoms with Crippen molar-refractivity contribution in [1.82, 2.24) is 4.98 Å². The predicted molar refractivity (Wildman–Crippen MR) is 82.6 cm³/mol. The van der Waals surface area contributed by atoms with Crippen molar-refractivity contribution in [3.8, 4) is 0 Å². The van der Waals surface area contributed by atoms with Crippen LogP contribution in [0.5, 0.6) is 0 Å². The molecule has 129 valence electrons. The Hall–Kier alpha value is -1.98. The molecule has 0 spiro atoms. The smallest absolute Gasteiger partial charge is 0.354 e. The molecule has 3 atom stereocenters. The summed E-state index contributed by atoms with van der Waals surface area (Å²) in [4.78, 5) is 17.9. The molecule has 1 aromatic heterocycles. The van der Waals surface area contributed by atoms with Crippen LogP contribution >= 0.6 is 0 Å². The average Bonchev–Trinajstić information content (AvgIpc) is 2.57. The number of rotatable bonds is 2. The van der Waals surface area contributed by atoms with E-state index in [0.717, 1.165) is 6.08 Å². The number of aromatic carboxylic acids is 1. The van der Waals surface area contributed by atoms with Gasteiger partial charge in [0.1, 0.15) is 5.69 Å². The van der Waals surface area contributed by atoms with Crippen molar-refractivity contribution in [3.63, 3.8) is 0 Å². The fourth-order valence-electron chi connectivity index (χ4n) is 2.12. The first kappa shape index (κ1) is 20.1. The molecule has 0 saturated heterocycles. The van der Waals surface area contributed by atoms with Crippen LogP contribution < -0.4 is 0 Å². The summed E-state index contributed by atoms with van der Waals surface area (Å²) in [6.07, 6.45) is 11.1. The van der Waals surface area contributed by atoms with Crippen LogP contribution in [0, 0.1) is 12.0 Å². The van der Waals surface area contributed by atoms with Crippen molar-refractivity contribution < 1.29 is 38.8 Å². The van der Waals surface area contributed by atoms with Crippen LogP contribution in [-0.2, 0) is 20.1 Å². The van der Waals surface area contributed by atoms with Crippen LogP contribution in [0.1, 0.15) is 16.9 Å². The van der Waals surface area contributed by atoms with Gasteiger partial charge in [0.2, 0.25) is 0 Å². The zero-order valence-corrected chi connectivity index (χ0v) is 14.9. The van der Waals surface area contributed by atoms with Crippen molar-refractivity contribution in [3.05, 3.63) is 66.3 Å². The number of halogens is 2. The maximum absolute atomic E-state index is 13.4. The Morgan fingerprint density at radius 3 is 2.67 bits per heavy atom. The zero-order chi connectivity index (χ0) is 16.7. The first-order valence-electron chi connectivity index (χ1n) is 7.01. The van der Waals surface area contributed by atoms with Gasteiger partial charge in [-0.25, -0.2) is 20.2 Å². The summed E-state index contributed by atoms with van der Waals surface area (Å²) < 4.78 is 26.0. The van der Waals surface area contributed by atoms with Crippen LogP contribution in [-0.4, -0.2) is 34.5 Å². The number of carboxylic acids is 1. The Morgan fingerprint density at radius 2 is 2.17 bits per heavy atom. The van der Waals surface area contributed by atoms with Crippen molar-refractivity contribution in [2.75, 3.05) is 0 Å². The minimum Gasteiger partial charge on any atom is -0.477 e. The third kappa shape index (κ3) is 5.91. The summed E-state index contributed by atoms with van der Waals surface area (Å²) >= 11 is 0. The normalized spacial score (nSPS) is 24.2. The fourth-order valence-corrected chi connectivity index (χ4v) is 2.12. The van der Waals surface area contributed by atoms with Crippen LogP contribution in [0.15, 0.2) is 59.5 Å². The monoisotopic (exact) mass is 510 g/mol. The van der Waals surface area contributed by atoms with Crippen LogP contribution in [0.25, 0.3) is 0 Å². The van der Waals surface area contributed by atoms with Gasteiger partial charge >= 0.3 is 5.97 Å². The van der Waals surface area contributed by atoms with Crippen molar-refractivity contribution >= 4 is 12.2 Å². The third-order valence-electron chi connectivity index (χ3n) is 3.25. The summed E-state index contributed by atoms with van der Waals surface area (Å²) in [6.45, 7) is 0. The van der Waals surface area contributed by atoms with Crippen LogP contribution in [0.4, 0.5) is 8.78 Å². The van der Waals surface area contributed by atoms with Crippen molar-refractivity contribution in [1.29, 1.82) is 0 Å². The van der Waals surface area contributed by atoms with E-state index in [1.165, 1.54) is 18.3 Å². The first-order chi connectivity index (χ1) is 11.1. The minimum absolute atomic E-state index is 0. The molecule has 2 aliphatic rings. The van der Waals surface area contributed by atoms with Gasteiger partial charge in [-0.05, 0) is 36.4 Å². The van der Waals surface area contributed by atoms with Gasteiger partial charge < -0.3 is 9.50 Å². The number of alkyl halides is 1. The molecular formula is C17H15F2IrN2O2-. The van der Waals surface area contributed by atoms with Gasteiger partial charge in [0.25, 0.3) is 0 Å². The molecule has 1 N–H and O–H groups in total. The van der Waals surface area contributed by atoms with Crippen LogP contribution in [0.2, 0.25) is 0 Å². The number of hydrogen-bond donors (Lipinski definition) is 1. The number of allylic oxidation sites excluding steroid dienone is 4. The molecule has 0 amide bonds. The van der Waals surface area contributed by atoms with Gasteiger partial charge in [-0.15, -0.1) is 0 Å². The van der Waals surface area contributed by atoms with Crippen LogP contribution in [0.3, 0.4) is 0 Å². The second-order valence-corrected chi connectivity index (χ2v) is 4.88. The molecule has 1 radical (unpaired) electrons. The standard InChI is InChI=1S/C11H10F2N.C6H5NO2.Ir/c12-8-4-5-9(10(13)7-8)11-3-1-2-6-14-11;8-6(9)5-3-1-2-4-7-5;/h1-2,4,6-7,9-11H,3H2;1-4H,(H,8,9);/q-1;;. The van der Waals surface area contributed by atoms with E-state index in [9.17, 15) is 13.6 Å². The minimum atomic E-state index is -1.31. The van der Waals surface area contributed by atoms with Gasteiger partial charge in [-0.2, -0.15) is 0 Å². The molecule has 2 heterocycles. The number of carbonyl (C=O) groups is 1. The van der Waals surface area contributed by atoms with Gasteiger partial charge in [-0.1, -0.05) is 18.2 Å². The van der Waals surface area contributed by atoms with Crippen molar-refractivity contribution in [2.45, 2.75) is 18.6 Å². The second-order valence-electron chi connectivity index (χ2n) is 4.88. The molecule has 0 fully saturated rings. The Labute approximate surface area is 152 Å². The molecule has 3 rings (SSSR count). The summed E-state index contributed by atoms with van der Waals surface area (Å²) in [7, 11) is 0. The molecule has 0 bridgehead atoms. The maximum Gasteiger partial charge on any atom is 0.354 e. The summed E-state index contributed by atoms with van der Waals surface area (Å²) in [5.74, 6) is -1.99. The Kier molecular flexibility index (Phi) is 8.36. The number of hydrogen-bond acceptors (Lipinski definition) is 3. The Morgan fingerprint density at radius 1 is 1.38 bits per heavy atom. The Bertz CT molecular complexity index is 660. The zero-order valence-electron chi connectivity index (χ0n) is 12.5. The summed E-state index contributed by atoms with van der Waals surface area (Å²) in [6, 6.07) is 4.61. The quantitative estimate of drug-likeness (QED) is 0.623. The molecule has 7 heteroatoms. The van der Waals surface area contributed by atoms with Gasteiger partial charge in [0, 0.05) is 38.6 Å². The van der Waals surface area contributed by atoms with E-state index in [-0.39, 0.29) is 31.8 Å². The molecule has 0 aromatic carbocycles. The SMILES string of the molecule is FC1=CC(F)C(C2CC=CC=N2)[C-]=C1.O=C(O)c1ccccn1.[Ir]. The number of pyridine rings is 1. The molecule has 24 heavy (non-hydrogen) atoms. The van der Waals surface area contributed by atoms with Gasteiger partial charge in [0.05, 0.1) is 6.17 Å². The van der Waals surface area contributed by atoms with Crippen molar-refractivity contribution in [2.24, 2.45) is 10.9 Å². The largest absolute Gasteiger partial charge is 0.477 e. The second kappa shape index (κ2) is 10.0. The van der Waals surface area contributed by atoms with E-state index in [2.05, 4.69) is 16.1 Å². The predicted octanol–water partition coefficient (Wildman–Crippen LogP) is 3.34. The average molecular weight is 510 g/mol. The molecule has 1 aromatic rings. The number of nitrogens with zero attached hydrogens (tertiary/aromatic N) is 2. The summed E-state index contributed by atoms with van der Waals surface area (Å²) in [5.41, 5.74) is 0.0810. The first-order valence-corrected chi connectivity index (χ1v) is 7.01. The topological polar surface area (TPSA) is 62.5 Å². The third-order valence-corrected chi connectivity index (χ3v) is 3.25. The molecular weight excluding hydrogens is 494 g/mol.